The number of imidazole rings is 1. The molecular weight excluding hydrogens is 308 g/mol. The van der Waals surface area contributed by atoms with Gasteiger partial charge in [0.15, 0.2) is 0 Å². The van der Waals surface area contributed by atoms with Crippen LogP contribution in [0, 0.1) is 0 Å². The molecule has 3 amide bonds. The molecule has 1 aliphatic rings. The molecule has 0 atom stereocenters. The van der Waals surface area contributed by atoms with E-state index in [0.717, 1.165) is 44.1 Å². The van der Waals surface area contributed by atoms with Gasteiger partial charge in [0, 0.05) is 58.1 Å². The first-order valence-electron chi connectivity index (χ1n) is 8.07. The second-order valence-corrected chi connectivity index (χ2v) is 5.98. The number of nitrogens with zero attached hydrogens (tertiary/aromatic N) is 4. The largest absolute Gasteiger partial charge is 0.351 e. The van der Waals surface area contributed by atoms with Crippen molar-refractivity contribution in [3.63, 3.8) is 0 Å². The fraction of sp³-hybridized carbons (Fsp3) is 0.438. The van der Waals surface area contributed by atoms with Crippen LogP contribution in [0.3, 0.4) is 0 Å². The number of carbonyl (C=O) groups is 2. The van der Waals surface area contributed by atoms with Crippen LogP contribution in [0.15, 0.2) is 30.6 Å². The van der Waals surface area contributed by atoms with E-state index in [2.05, 4.69) is 26.3 Å². The van der Waals surface area contributed by atoms with Crippen LogP contribution in [-0.4, -0.2) is 63.8 Å². The summed E-state index contributed by atoms with van der Waals surface area (Å²) in [7, 11) is 0. The van der Waals surface area contributed by atoms with Crippen molar-refractivity contribution in [2.75, 3.05) is 32.7 Å². The lowest BCUT2D eigenvalue weighted by molar-refractivity contribution is -0.120. The number of hydrogen-bond donors (Lipinski definition) is 2. The summed E-state index contributed by atoms with van der Waals surface area (Å²) in [6.45, 7) is 5.14. The Labute approximate surface area is 140 Å². The Morgan fingerprint density at radius 1 is 1.17 bits per heavy atom. The number of primary amides is 1. The van der Waals surface area contributed by atoms with Crippen molar-refractivity contribution in [2.24, 2.45) is 5.73 Å². The minimum Gasteiger partial charge on any atom is -0.351 e. The summed E-state index contributed by atoms with van der Waals surface area (Å²) < 4.78 is 2.03. The molecule has 1 fully saturated rings. The number of urea groups is 1. The summed E-state index contributed by atoms with van der Waals surface area (Å²) in [5.74, 6) is -0.324. The Hall–Kier alpha value is -2.45. The Bertz CT molecular complexity index is 687. The second kappa shape index (κ2) is 7.41. The van der Waals surface area contributed by atoms with Crippen molar-refractivity contribution in [1.82, 2.24) is 24.5 Å². The molecule has 3 rings (SSSR count). The first kappa shape index (κ1) is 16.4. The van der Waals surface area contributed by atoms with Gasteiger partial charge in [-0.05, 0) is 12.1 Å². The van der Waals surface area contributed by atoms with E-state index in [4.69, 9.17) is 5.73 Å². The van der Waals surface area contributed by atoms with E-state index in [9.17, 15) is 9.59 Å². The van der Waals surface area contributed by atoms with Crippen molar-refractivity contribution in [2.45, 2.75) is 13.0 Å². The van der Waals surface area contributed by atoms with Crippen molar-refractivity contribution in [1.29, 1.82) is 0 Å². The molecule has 8 nitrogen and oxygen atoms in total. The zero-order chi connectivity index (χ0) is 16.9. The fourth-order valence-electron chi connectivity index (χ4n) is 2.92. The van der Waals surface area contributed by atoms with Crippen molar-refractivity contribution < 1.29 is 9.59 Å². The highest BCUT2D eigenvalue weighted by Crippen LogP contribution is 2.10. The molecule has 2 aromatic rings. The highest BCUT2D eigenvalue weighted by molar-refractivity contribution is 5.93. The van der Waals surface area contributed by atoms with Gasteiger partial charge in [0.05, 0.1) is 5.69 Å². The number of rotatable bonds is 5. The lowest BCUT2D eigenvalue weighted by Gasteiger charge is -2.34. The third kappa shape index (κ3) is 4.30. The molecular formula is C16H22N6O2. The summed E-state index contributed by atoms with van der Waals surface area (Å²) in [4.78, 5) is 31.2. The zero-order valence-corrected chi connectivity index (χ0v) is 13.5. The van der Waals surface area contributed by atoms with Gasteiger partial charge in [-0.3, -0.25) is 15.0 Å². The van der Waals surface area contributed by atoms with Gasteiger partial charge in [-0.2, -0.15) is 0 Å². The van der Waals surface area contributed by atoms with Gasteiger partial charge in [-0.25, -0.2) is 9.78 Å². The van der Waals surface area contributed by atoms with Crippen LogP contribution in [-0.2, 0) is 11.3 Å². The number of nitrogens with two attached hydrogens (primary N) is 1. The predicted octanol–water partition coefficient (Wildman–Crippen LogP) is 0.0369. The third-order valence-electron chi connectivity index (χ3n) is 4.18. The van der Waals surface area contributed by atoms with Crippen LogP contribution < -0.4 is 11.1 Å². The molecule has 0 aromatic carbocycles. The molecule has 24 heavy (non-hydrogen) atoms. The molecule has 128 valence electrons. The number of nitrogens with one attached hydrogen (secondary N) is 1. The lowest BCUT2D eigenvalue weighted by atomic mass is 10.2. The monoisotopic (exact) mass is 330 g/mol. The quantitative estimate of drug-likeness (QED) is 0.807. The van der Waals surface area contributed by atoms with E-state index in [1.807, 2.05) is 28.8 Å². The van der Waals surface area contributed by atoms with Crippen LogP contribution in [0.1, 0.15) is 12.1 Å². The number of piperazine rings is 1. The van der Waals surface area contributed by atoms with E-state index in [1.54, 1.807) is 0 Å². The summed E-state index contributed by atoms with van der Waals surface area (Å²) in [6.07, 6.45) is 4.35. The fourth-order valence-corrected chi connectivity index (χ4v) is 2.92. The number of aromatic nitrogens is 2. The minimum absolute atomic E-state index is 0.287. The van der Waals surface area contributed by atoms with Crippen LogP contribution >= 0.6 is 0 Å². The average Bonchev–Trinajstić information content (AvgIpc) is 2.96. The normalized spacial score (nSPS) is 16.3. The number of hydrogen-bond acceptors (Lipinski definition) is 5. The maximum atomic E-state index is 11.4. The third-order valence-corrected chi connectivity index (χ3v) is 4.18. The predicted molar refractivity (Wildman–Crippen MR) is 89.3 cm³/mol. The van der Waals surface area contributed by atoms with Gasteiger partial charge in [-0.1, -0.05) is 6.07 Å². The molecule has 0 unspecified atom stereocenters. The molecule has 3 heterocycles. The summed E-state index contributed by atoms with van der Waals surface area (Å²) >= 11 is 0. The minimum atomic E-state index is -0.794. The van der Waals surface area contributed by atoms with Crippen molar-refractivity contribution >= 4 is 17.6 Å². The summed E-state index contributed by atoms with van der Waals surface area (Å²) in [6, 6.07) is 5.18. The maximum absolute atomic E-state index is 11.4. The van der Waals surface area contributed by atoms with Crippen LogP contribution in [0.25, 0.3) is 5.65 Å². The molecule has 2 aromatic heterocycles. The molecule has 0 radical (unpaired) electrons. The molecule has 0 saturated carbocycles. The molecule has 1 saturated heterocycles. The second-order valence-electron chi connectivity index (χ2n) is 5.98. The Balaban J connectivity index is 1.43. The van der Waals surface area contributed by atoms with E-state index < -0.39 is 6.03 Å². The van der Waals surface area contributed by atoms with Crippen LogP contribution in [0.4, 0.5) is 4.79 Å². The first-order chi connectivity index (χ1) is 11.6. The SMILES string of the molecule is NC(=O)NC(=O)CCN1CCN(Cc2cn3ccccc3n2)CC1. The number of amides is 3. The topological polar surface area (TPSA) is 96.0 Å². The van der Waals surface area contributed by atoms with E-state index in [1.165, 1.54) is 0 Å². The standard InChI is InChI=1S/C16H22N6O2/c17-16(24)19-15(23)4-6-20-7-9-21(10-8-20)11-13-12-22-5-2-1-3-14(22)18-13/h1-3,5,12H,4,6-11H2,(H3,17,19,23,24). The summed E-state index contributed by atoms with van der Waals surface area (Å²) in [5.41, 5.74) is 6.95. The number of carbonyl (C=O) groups excluding carboxylic acids is 2. The van der Waals surface area contributed by atoms with E-state index >= 15 is 0 Å². The van der Waals surface area contributed by atoms with Gasteiger partial charge in [0.25, 0.3) is 0 Å². The van der Waals surface area contributed by atoms with Crippen LogP contribution in [0.5, 0.6) is 0 Å². The summed E-state index contributed by atoms with van der Waals surface area (Å²) in [5, 5.41) is 2.09. The Morgan fingerprint density at radius 3 is 2.62 bits per heavy atom. The lowest BCUT2D eigenvalue weighted by Crippen LogP contribution is -2.47. The van der Waals surface area contributed by atoms with Gasteiger partial charge in [-0.15, -0.1) is 0 Å². The van der Waals surface area contributed by atoms with Gasteiger partial charge < -0.3 is 15.0 Å². The van der Waals surface area contributed by atoms with Crippen LogP contribution in [0.2, 0.25) is 0 Å². The number of fused-ring (bicyclic) bond motifs is 1. The first-order valence-corrected chi connectivity index (χ1v) is 8.07. The molecule has 8 heteroatoms. The smallest absolute Gasteiger partial charge is 0.318 e. The van der Waals surface area contributed by atoms with Gasteiger partial charge >= 0.3 is 6.03 Å². The molecule has 3 N–H and O–H groups in total. The molecule has 0 spiro atoms. The molecule has 0 bridgehead atoms. The Morgan fingerprint density at radius 2 is 1.92 bits per heavy atom. The number of pyridine rings is 1. The molecule has 0 aliphatic carbocycles. The number of imide groups is 1. The van der Waals surface area contributed by atoms with Crippen molar-refractivity contribution in [3.05, 3.63) is 36.3 Å². The maximum Gasteiger partial charge on any atom is 0.318 e. The molecule has 1 aliphatic heterocycles. The van der Waals surface area contributed by atoms with Gasteiger partial charge in [0.1, 0.15) is 5.65 Å². The highest BCUT2D eigenvalue weighted by Gasteiger charge is 2.18. The van der Waals surface area contributed by atoms with E-state index in [0.29, 0.717) is 6.54 Å². The average molecular weight is 330 g/mol. The van der Waals surface area contributed by atoms with Gasteiger partial charge in [0.2, 0.25) is 5.91 Å². The Kier molecular flexibility index (Phi) is 5.07. The van der Waals surface area contributed by atoms with E-state index in [-0.39, 0.29) is 12.3 Å². The highest BCUT2D eigenvalue weighted by atomic mass is 16.2. The van der Waals surface area contributed by atoms with Crippen molar-refractivity contribution in [3.8, 4) is 0 Å². The zero-order valence-electron chi connectivity index (χ0n) is 13.5.